The van der Waals surface area contributed by atoms with Crippen molar-refractivity contribution in [3.05, 3.63) is 71.1 Å². The van der Waals surface area contributed by atoms with Gasteiger partial charge in [-0.25, -0.2) is 4.98 Å². The average molecular weight is 328 g/mol. The fraction of sp³-hybridized carbons (Fsp3) is 0.211. The lowest BCUT2D eigenvalue weighted by molar-refractivity contribution is 0.304. The third-order valence-corrected chi connectivity index (χ3v) is 3.82. The van der Waals surface area contributed by atoms with Gasteiger partial charge in [0.25, 0.3) is 0 Å². The van der Waals surface area contributed by atoms with Crippen LogP contribution in [0.5, 0.6) is 5.75 Å². The van der Waals surface area contributed by atoms with Gasteiger partial charge in [-0.05, 0) is 49.2 Å². The van der Waals surface area contributed by atoms with Crippen molar-refractivity contribution in [1.29, 1.82) is 0 Å². The summed E-state index contributed by atoms with van der Waals surface area (Å²) < 4.78 is 11.6. The molecule has 0 radical (unpaired) electrons. The Morgan fingerprint density at radius 1 is 1.09 bits per heavy atom. The minimum absolute atomic E-state index is 0.622. The van der Waals surface area contributed by atoms with E-state index in [2.05, 4.69) is 4.98 Å². The van der Waals surface area contributed by atoms with Crippen LogP contribution in [-0.4, -0.2) is 11.6 Å². The summed E-state index contributed by atoms with van der Waals surface area (Å²) in [5.74, 6) is 2.42. The van der Waals surface area contributed by atoms with E-state index in [0.717, 1.165) is 35.5 Å². The quantitative estimate of drug-likeness (QED) is 0.575. The Hall–Kier alpha value is -2.26. The van der Waals surface area contributed by atoms with Crippen LogP contribution in [-0.2, 0) is 6.42 Å². The molecule has 0 atom stereocenters. The van der Waals surface area contributed by atoms with Crippen LogP contribution in [0, 0.1) is 6.92 Å². The van der Waals surface area contributed by atoms with Crippen LogP contribution in [0.15, 0.2) is 59.1 Å². The first kappa shape index (κ1) is 15.6. The summed E-state index contributed by atoms with van der Waals surface area (Å²) in [6, 6.07) is 15.5. The average Bonchev–Trinajstić information content (AvgIpc) is 3.03. The SMILES string of the molecule is Cc1ccccc1OCCCc1cnc(-c2ccc(Cl)cc2)o1. The van der Waals surface area contributed by atoms with Crippen LogP contribution < -0.4 is 4.74 Å². The van der Waals surface area contributed by atoms with E-state index in [9.17, 15) is 0 Å². The van der Waals surface area contributed by atoms with E-state index >= 15 is 0 Å². The van der Waals surface area contributed by atoms with E-state index in [0.29, 0.717) is 17.5 Å². The highest BCUT2D eigenvalue weighted by Crippen LogP contribution is 2.22. The van der Waals surface area contributed by atoms with Crippen molar-refractivity contribution in [3.8, 4) is 17.2 Å². The fourth-order valence-corrected chi connectivity index (χ4v) is 2.42. The minimum atomic E-state index is 0.622. The summed E-state index contributed by atoms with van der Waals surface area (Å²) in [6.07, 6.45) is 3.45. The number of hydrogen-bond donors (Lipinski definition) is 0. The van der Waals surface area contributed by atoms with E-state index in [4.69, 9.17) is 20.8 Å². The number of halogens is 1. The van der Waals surface area contributed by atoms with Crippen LogP contribution in [0.4, 0.5) is 0 Å². The first-order chi connectivity index (χ1) is 11.2. The van der Waals surface area contributed by atoms with Crippen molar-refractivity contribution in [2.75, 3.05) is 6.61 Å². The highest BCUT2D eigenvalue weighted by molar-refractivity contribution is 6.30. The molecule has 4 heteroatoms. The molecule has 0 saturated carbocycles. The maximum atomic E-state index is 5.89. The number of hydrogen-bond acceptors (Lipinski definition) is 3. The maximum absolute atomic E-state index is 5.89. The van der Waals surface area contributed by atoms with Crippen LogP contribution in [0.2, 0.25) is 5.02 Å². The first-order valence-corrected chi connectivity index (χ1v) is 7.99. The number of aryl methyl sites for hydroxylation is 2. The molecular formula is C19H18ClNO2. The van der Waals surface area contributed by atoms with Crippen molar-refractivity contribution in [3.63, 3.8) is 0 Å². The third kappa shape index (κ3) is 4.14. The zero-order valence-electron chi connectivity index (χ0n) is 13.0. The molecule has 0 N–H and O–H groups in total. The molecule has 0 fully saturated rings. The second kappa shape index (κ2) is 7.34. The Bertz CT molecular complexity index is 765. The largest absolute Gasteiger partial charge is 0.493 e. The molecule has 0 unspecified atom stereocenters. The molecule has 3 nitrogen and oxygen atoms in total. The van der Waals surface area contributed by atoms with Gasteiger partial charge in [-0.1, -0.05) is 29.8 Å². The number of nitrogens with zero attached hydrogens (tertiary/aromatic N) is 1. The molecule has 118 valence electrons. The van der Waals surface area contributed by atoms with Gasteiger partial charge in [0.1, 0.15) is 11.5 Å². The number of aromatic nitrogens is 1. The van der Waals surface area contributed by atoms with Crippen LogP contribution in [0.25, 0.3) is 11.5 Å². The summed E-state index contributed by atoms with van der Waals surface area (Å²) in [5, 5.41) is 0.703. The molecule has 0 aliphatic carbocycles. The van der Waals surface area contributed by atoms with Crippen LogP contribution in [0.1, 0.15) is 17.7 Å². The van der Waals surface area contributed by atoms with Crippen molar-refractivity contribution in [1.82, 2.24) is 4.98 Å². The highest BCUT2D eigenvalue weighted by Gasteiger charge is 2.07. The number of oxazole rings is 1. The number of benzene rings is 2. The molecule has 1 aromatic heterocycles. The van der Waals surface area contributed by atoms with Crippen LogP contribution in [0.3, 0.4) is 0 Å². The van der Waals surface area contributed by atoms with Gasteiger partial charge in [0.2, 0.25) is 5.89 Å². The zero-order valence-corrected chi connectivity index (χ0v) is 13.7. The lowest BCUT2D eigenvalue weighted by Gasteiger charge is -2.07. The number of para-hydroxylation sites is 1. The maximum Gasteiger partial charge on any atom is 0.226 e. The second-order valence-electron chi connectivity index (χ2n) is 5.36. The standard InChI is InChI=1S/C19H18ClNO2/c1-14-5-2-3-7-18(14)22-12-4-6-17-13-21-19(23-17)15-8-10-16(20)11-9-15/h2-3,5,7-11,13H,4,6,12H2,1H3. The van der Waals surface area contributed by atoms with E-state index in [1.807, 2.05) is 55.5 Å². The lowest BCUT2D eigenvalue weighted by atomic mass is 10.2. The molecule has 0 amide bonds. The smallest absolute Gasteiger partial charge is 0.226 e. The van der Waals surface area contributed by atoms with Gasteiger partial charge in [-0.15, -0.1) is 0 Å². The fourth-order valence-electron chi connectivity index (χ4n) is 2.30. The Morgan fingerprint density at radius 2 is 1.87 bits per heavy atom. The molecule has 0 saturated heterocycles. The molecule has 1 heterocycles. The Morgan fingerprint density at radius 3 is 2.65 bits per heavy atom. The normalized spacial score (nSPS) is 10.7. The van der Waals surface area contributed by atoms with Gasteiger partial charge in [-0.3, -0.25) is 0 Å². The Labute approximate surface area is 140 Å². The molecule has 0 aliphatic rings. The van der Waals surface area contributed by atoms with Gasteiger partial charge in [-0.2, -0.15) is 0 Å². The Balaban J connectivity index is 1.52. The molecular weight excluding hydrogens is 310 g/mol. The summed E-state index contributed by atoms with van der Waals surface area (Å²) in [5.41, 5.74) is 2.08. The molecule has 2 aromatic carbocycles. The molecule has 3 rings (SSSR count). The van der Waals surface area contributed by atoms with E-state index in [-0.39, 0.29) is 0 Å². The predicted molar refractivity (Wildman–Crippen MR) is 91.9 cm³/mol. The summed E-state index contributed by atoms with van der Waals surface area (Å²) in [7, 11) is 0. The van der Waals surface area contributed by atoms with E-state index in [1.54, 1.807) is 6.20 Å². The van der Waals surface area contributed by atoms with Crippen molar-refractivity contribution >= 4 is 11.6 Å². The van der Waals surface area contributed by atoms with Gasteiger partial charge in [0.05, 0.1) is 12.8 Å². The van der Waals surface area contributed by atoms with E-state index < -0.39 is 0 Å². The second-order valence-corrected chi connectivity index (χ2v) is 5.79. The monoisotopic (exact) mass is 327 g/mol. The lowest BCUT2D eigenvalue weighted by Crippen LogP contribution is -2.00. The van der Waals surface area contributed by atoms with Crippen molar-refractivity contribution in [2.45, 2.75) is 19.8 Å². The molecule has 0 aliphatic heterocycles. The topological polar surface area (TPSA) is 35.3 Å². The molecule has 23 heavy (non-hydrogen) atoms. The Kier molecular flexibility index (Phi) is 4.99. The molecule has 3 aromatic rings. The molecule has 0 bridgehead atoms. The number of rotatable bonds is 6. The van der Waals surface area contributed by atoms with Gasteiger partial charge in [0.15, 0.2) is 0 Å². The van der Waals surface area contributed by atoms with Crippen molar-refractivity contribution < 1.29 is 9.15 Å². The first-order valence-electron chi connectivity index (χ1n) is 7.61. The van der Waals surface area contributed by atoms with Crippen LogP contribution >= 0.6 is 11.6 Å². The highest BCUT2D eigenvalue weighted by atomic mass is 35.5. The summed E-state index contributed by atoms with van der Waals surface area (Å²) in [4.78, 5) is 4.32. The van der Waals surface area contributed by atoms with Gasteiger partial charge in [0, 0.05) is 17.0 Å². The van der Waals surface area contributed by atoms with Gasteiger partial charge >= 0.3 is 0 Å². The van der Waals surface area contributed by atoms with Gasteiger partial charge < -0.3 is 9.15 Å². The van der Waals surface area contributed by atoms with E-state index in [1.165, 1.54) is 0 Å². The predicted octanol–water partition coefficient (Wildman–Crippen LogP) is 5.32. The zero-order chi connectivity index (χ0) is 16.1. The third-order valence-electron chi connectivity index (χ3n) is 3.56. The number of ether oxygens (including phenoxy) is 1. The molecule has 0 spiro atoms. The summed E-state index contributed by atoms with van der Waals surface area (Å²) >= 11 is 5.89. The summed E-state index contributed by atoms with van der Waals surface area (Å²) in [6.45, 7) is 2.70. The van der Waals surface area contributed by atoms with Crippen molar-refractivity contribution in [2.24, 2.45) is 0 Å². The minimum Gasteiger partial charge on any atom is -0.493 e.